The van der Waals surface area contributed by atoms with Crippen LogP contribution in [-0.2, 0) is 17.6 Å². The third-order valence-electron chi connectivity index (χ3n) is 7.18. The molecule has 0 radical (unpaired) electrons. The van der Waals surface area contributed by atoms with Crippen LogP contribution in [0.3, 0.4) is 0 Å². The van der Waals surface area contributed by atoms with Crippen LogP contribution in [0.15, 0.2) is 6.33 Å². The van der Waals surface area contributed by atoms with Gasteiger partial charge in [-0.3, -0.25) is 4.90 Å². The number of morpholine rings is 1. The van der Waals surface area contributed by atoms with Crippen molar-refractivity contribution in [2.45, 2.75) is 44.9 Å². The first-order valence-corrected chi connectivity index (χ1v) is 13.1. The SMILES string of the molecule is c1nc(NCCN2CCOCC2)c2sc3nc(N4CCCCC4)c4c(c3c2n1)CCCC4. The van der Waals surface area contributed by atoms with E-state index in [1.807, 2.05) is 0 Å². The smallest absolute Gasteiger partial charge is 0.147 e. The second-order valence-electron chi connectivity index (χ2n) is 9.21. The Morgan fingerprint density at radius 2 is 1.75 bits per heavy atom. The number of nitrogens with zero attached hydrogens (tertiary/aromatic N) is 5. The monoisotopic (exact) mass is 452 g/mol. The van der Waals surface area contributed by atoms with Gasteiger partial charge in [0, 0.05) is 44.7 Å². The highest BCUT2D eigenvalue weighted by molar-refractivity contribution is 7.26. The van der Waals surface area contributed by atoms with Gasteiger partial charge in [-0.15, -0.1) is 11.3 Å². The molecule has 3 aromatic heterocycles. The van der Waals surface area contributed by atoms with Crippen molar-refractivity contribution in [1.29, 1.82) is 0 Å². The standard InChI is InChI=1S/C24H32N6OS/c1-4-9-30(10-5-1)23-18-7-3-2-6-17(18)19-20-21(32-24(19)28-23)22(27-16-26-20)25-8-11-29-12-14-31-15-13-29/h16H,1-15H2,(H,25,26,27). The first kappa shape index (κ1) is 20.6. The molecule has 2 aliphatic heterocycles. The lowest BCUT2D eigenvalue weighted by molar-refractivity contribution is 0.0398. The number of ether oxygens (including phenoxy) is 1. The summed E-state index contributed by atoms with van der Waals surface area (Å²) in [5, 5.41) is 4.88. The zero-order chi connectivity index (χ0) is 21.3. The summed E-state index contributed by atoms with van der Waals surface area (Å²) in [5.74, 6) is 2.21. The lowest BCUT2D eigenvalue weighted by Crippen LogP contribution is -2.39. The summed E-state index contributed by atoms with van der Waals surface area (Å²) in [5.41, 5.74) is 4.08. The highest BCUT2D eigenvalue weighted by Gasteiger charge is 2.26. The molecule has 7 nitrogen and oxygen atoms in total. The van der Waals surface area contributed by atoms with Crippen LogP contribution in [0, 0.1) is 0 Å². The van der Waals surface area contributed by atoms with Crippen molar-refractivity contribution in [2.75, 3.05) is 62.7 Å². The minimum absolute atomic E-state index is 0.837. The highest BCUT2D eigenvalue weighted by Crippen LogP contribution is 2.42. The second-order valence-corrected chi connectivity index (χ2v) is 10.2. The molecule has 3 aromatic rings. The molecular weight excluding hydrogens is 420 g/mol. The van der Waals surface area contributed by atoms with Crippen LogP contribution in [0.5, 0.6) is 0 Å². The molecule has 5 heterocycles. The Bertz CT molecular complexity index is 1100. The van der Waals surface area contributed by atoms with Crippen molar-refractivity contribution in [3.8, 4) is 0 Å². The van der Waals surface area contributed by atoms with Gasteiger partial charge in [0.15, 0.2) is 0 Å². The maximum Gasteiger partial charge on any atom is 0.147 e. The summed E-state index contributed by atoms with van der Waals surface area (Å²) < 4.78 is 6.62. The largest absolute Gasteiger partial charge is 0.379 e. The molecule has 0 unspecified atom stereocenters. The molecule has 2 saturated heterocycles. The molecule has 170 valence electrons. The Hall–Kier alpha value is -2.03. The van der Waals surface area contributed by atoms with E-state index in [-0.39, 0.29) is 0 Å². The number of anilines is 2. The predicted octanol–water partition coefficient (Wildman–Crippen LogP) is 3.85. The number of nitrogens with one attached hydrogen (secondary N) is 1. The van der Waals surface area contributed by atoms with Crippen LogP contribution in [-0.4, -0.2) is 72.3 Å². The number of fused-ring (bicyclic) bond motifs is 5. The van der Waals surface area contributed by atoms with Crippen molar-refractivity contribution in [2.24, 2.45) is 0 Å². The van der Waals surface area contributed by atoms with Gasteiger partial charge < -0.3 is 15.0 Å². The van der Waals surface area contributed by atoms with Crippen molar-refractivity contribution in [3.05, 3.63) is 17.5 Å². The lowest BCUT2D eigenvalue weighted by Gasteiger charge is -2.31. The van der Waals surface area contributed by atoms with Crippen LogP contribution in [0.4, 0.5) is 11.6 Å². The maximum atomic E-state index is 5.46. The Morgan fingerprint density at radius 3 is 2.59 bits per heavy atom. The second kappa shape index (κ2) is 9.08. The molecule has 0 amide bonds. The van der Waals surface area contributed by atoms with Gasteiger partial charge in [-0.1, -0.05) is 0 Å². The summed E-state index contributed by atoms with van der Waals surface area (Å²) in [7, 11) is 0. The maximum absolute atomic E-state index is 5.46. The van der Waals surface area contributed by atoms with E-state index >= 15 is 0 Å². The molecule has 0 atom stereocenters. The van der Waals surface area contributed by atoms with Gasteiger partial charge in [0.25, 0.3) is 0 Å². The van der Waals surface area contributed by atoms with Gasteiger partial charge in [0.05, 0.1) is 23.4 Å². The number of pyridine rings is 1. The zero-order valence-electron chi connectivity index (χ0n) is 18.7. The molecule has 0 aromatic carbocycles. The fourth-order valence-corrected chi connectivity index (χ4v) is 6.61. The van der Waals surface area contributed by atoms with Crippen molar-refractivity contribution >= 4 is 43.4 Å². The molecule has 1 N–H and O–H groups in total. The number of hydrogen-bond acceptors (Lipinski definition) is 8. The number of aryl methyl sites for hydroxylation is 1. The Morgan fingerprint density at radius 1 is 0.938 bits per heavy atom. The average molecular weight is 453 g/mol. The Labute approximate surface area is 193 Å². The molecular formula is C24H32N6OS. The van der Waals surface area contributed by atoms with Crippen molar-refractivity contribution in [1.82, 2.24) is 19.9 Å². The average Bonchev–Trinajstić information content (AvgIpc) is 3.24. The van der Waals surface area contributed by atoms with E-state index in [1.54, 1.807) is 17.7 Å². The van der Waals surface area contributed by atoms with Gasteiger partial charge in [-0.05, 0) is 56.1 Å². The molecule has 1 aliphatic carbocycles. The quantitative estimate of drug-likeness (QED) is 0.631. The number of aromatic nitrogens is 3. The van der Waals surface area contributed by atoms with Gasteiger partial charge in [-0.2, -0.15) is 0 Å². The van der Waals surface area contributed by atoms with Crippen LogP contribution in [0.25, 0.3) is 20.4 Å². The summed E-state index contributed by atoms with van der Waals surface area (Å²) in [4.78, 5) is 20.8. The molecule has 0 saturated carbocycles. The van der Waals surface area contributed by atoms with Crippen molar-refractivity contribution in [3.63, 3.8) is 0 Å². The van der Waals surface area contributed by atoms with E-state index in [2.05, 4.69) is 20.1 Å². The Kier molecular flexibility index (Phi) is 5.83. The topological polar surface area (TPSA) is 66.4 Å². The third-order valence-corrected chi connectivity index (χ3v) is 8.26. The first-order valence-electron chi connectivity index (χ1n) is 12.3. The highest BCUT2D eigenvalue weighted by atomic mass is 32.1. The van der Waals surface area contributed by atoms with Crippen LogP contribution >= 0.6 is 11.3 Å². The number of hydrogen-bond donors (Lipinski definition) is 1. The molecule has 2 fully saturated rings. The number of piperidine rings is 1. The summed E-state index contributed by atoms with van der Waals surface area (Å²) in [6.07, 6.45) is 10.5. The zero-order valence-corrected chi connectivity index (χ0v) is 19.6. The van der Waals surface area contributed by atoms with Gasteiger partial charge in [0.1, 0.15) is 22.8 Å². The van der Waals surface area contributed by atoms with Crippen molar-refractivity contribution < 1.29 is 4.74 Å². The van der Waals surface area contributed by atoms with Crippen LogP contribution in [0.2, 0.25) is 0 Å². The van der Waals surface area contributed by atoms with Gasteiger partial charge in [0.2, 0.25) is 0 Å². The molecule has 32 heavy (non-hydrogen) atoms. The van der Waals surface area contributed by atoms with Gasteiger partial charge in [-0.25, -0.2) is 15.0 Å². The minimum atomic E-state index is 0.837. The predicted molar refractivity (Wildman–Crippen MR) is 131 cm³/mol. The molecule has 3 aliphatic rings. The first-order chi connectivity index (χ1) is 15.9. The van der Waals surface area contributed by atoms with Crippen LogP contribution < -0.4 is 10.2 Å². The fourth-order valence-electron chi connectivity index (χ4n) is 5.49. The summed E-state index contributed by atoms with van der Waals surface area (Å²) in [6, 6.07) is 0. The Balaban J connectivity index is 1.36. The summed E-state index contributed by atoms with van der Waals surface area (Å²) >= 11 is 1.77. The van der Waals surface area contributed by atoms with E-state index in [4.69, 9.17) is 14.7 Å². The number of thiophene rings is 1. The molecule has 6 rings (SSSR count). The van der Waals surface area contributed by atoms with E-state index < -0.39 is 0 Å². The van der Waals surface area contributed by atoms with Crippen LogP contribution in [0.1, 0.15) is 43.2 Å². The molecule has 8 heteroatoms. The van der Waals surface area contributed by atoms with Gasteiger partial charge >= 0.3 is 0 Å². The normalized spacial score (nSPS) is 20.1. The number of rotatable bonds is 5. The molecule has 0 spiro atoms. The third kappa shape index (κ3) is 3.82. The lowest BCUT2D eigenvalue weighted by atomic mass is 9.89. The minimum Gasteiger partial charge on any atom is -0.379 e. The van der Waals surface area contributed by atoms with E-state index in [1.165, 1.54) is 54.4 Å². The van der Waals surface area contributed by atoms with E-state index in [9.17, 15) is 0 Å². The fraction of sp³-hybridized carbons (Fsp3) is 0.625. The van der Waals surface area contributed by atoms with E-state index in [0.717, 1.165) is 86.2 Å². The molecule has 0 bridgehead atoms. The summed E-state index contributed by atoms with van der Waals surface area (Å²) in [6.45, 7) is 7.87. The van der Waals surface area contributed by atoms with E-state index in [0.29, 0.717) is 0 Å².